The minimum Gasteiger partial charge on any atom is -0.476 e. The molecule has 5 heteroatoms. The van der Waals surface area contributed by atoms with Gasteiger partial charge < -0.3 is 5.11 Å². The molecule has 2 rings (SSSR count). The molecule has 1 heterocycles. The molecule has 1 aromatic carbocycles. The van der Waals surface area contributed by atoms with Gasteiger partial charge in [0.1, 0.15) is 0 Å². The molecule has 0 amide bonds. The molecule has 0 unspecified atom stereocenters. The van der Waals surface area contributed by atoms with Gasteiger partial charge in [0.05, 0.1) is 0 Å². The Balaban J connectivity index is 2.36. The Bertz CT molecular complexity index is 563. The van der Waals surface area contributed by atoms with Crippen molar-refractivity contribution in [2.75, 3.05) is 0 Å². The lowest BCUT2D eigenvalue weighted by Gasteiger charge is -2.02. The van der Waals surface area contributed by atoms with Crippen LogP contribution in [0.5, 0.6) is 0 Å². The van der Waals surface area contributed by atoms with Crippen LogP contribution in [0.4, 0.5) is 0 Å². The van der Waals surface area contributed by atoms with Crippen molar-refractivity contribution >= 4 is 21.9 Å². The molecule has 0 saturated heterocycles. The first-order valence-electron chi connectivity index (χ1n) is 5.09. The maximum Gasteiger partial charge on any atom is 0.356 e. The maximum atomic E-state index is 11.0. The fourth-order valence-corrected chi connectivity index (χ4v) is 2.14. The molecular weight excluding hydrogens is 284 g/mol. The summed E-state index contributed by atoms with van der Waals surface area (Å²) in [5.74, 6) is -1.00. The minimum absolute atomic E-state index is 0.0995. The van der Waals surface area contributed by atoms with E-state index in [2.05, 4.69) is 26.1 Å². The van der Waals surface area contributed by atoms with E-state index in [1.54, 1.807) is 0 Å². The molecule has 0 atom stereocenters. The molecule has 0 aliphatic carbocycles. The van der Waals surface area contributed by atoms with Crippen LogP contribution in [0.3, 0.4) is 0 Å². The van der Waals surface area contributed by atoms with Gasteiger partial charge in [0.2, 0.25) is 0 Å². The molecule has 0 fully saturated rings. The second-order valence-electron chi connectivity index (χ2n) is 3.79. The number of aromatic carboxylic acids is 1. The van der Waals surface area contributed by atoms with E-state index in [9.17, 15) is 4.79 Å². The van der Waals surface area contributed by atoms with Gasteiger partial charge >= 0.3 is 5.97 Å². The third-order valence-electron chi connectivity index (χ3n) is 2.55. The summed E-state index contributed by atoms with van der Waals surface area (Å²) in [5.41, 5.74) is 2.67. The molecule has 0 aliphatic rings. The Morgan fingerprint density at radius 3 is 2.94 bits per heavy atom. The molecule has 0 radical (unpaired) electrons. The van der Waals surface area contributed by atoms with Gasteiger partial charge in [-0.05, 0) is 24.6 Å². The predicted octanol–water partition coefficient (Wildman–Crippen LogP) is 2.77. The van der Waals surface area contributed by atoms with Crippen molar-refractivity contribution in [1.29, 1.82) is 0 Å². The summed E-state index contributed by atoms with van der Waals surface area (Å²) in [7, 11) is 0. The Hall–Kier alpha value is -1.62. The fourth-order valence-electron chi connectivity index (χ4n) is 1.70. The second kappa shape index (κ2) is 4.71. The molecule has 88 valence electrons. The van der Waals surface area contributed by atoms with E-state index in [1.165, 1.54) is 0 Å². The van der Waals surface area contributed by atoms with Crippen LogP contribution in [0.2, 0.25) is 0 Å². The van der Waals surface area contributed by atoms with Gasteiger partial charge in [0.25, 0.3) is 0 Å². The van der Waals surface area contributed by atoms with Crippen LogP contribution in [0.15, 0.2) is 28.7 Å². The van der Waals surface area contributed by atoms with E-state index < -0.39 is 5.97 Å². The van der Waals surface area contributed by atoms with Crippen molar-refractivity contribution in [3.05, 3.63) is 51.3 Å². The number of halogens is 1. The largest absolute Gasteiger partial charge is 0.476 e. The maximum absolute atomic E-state index is 11.0. The average Bonchev–Trinajstić information content (AvgIpc) is 2.61. The molecular formula is C12H11BrN2O2. The molecule has 0 aliphatic heterocycles. The number of carbonyl (C=O) groups is 1. The van der Waals surface area contributed by atoms with Crippen molar-refractivity contribution in [1.82, 2.24) is 10.2 Å². The summed E-state index contributed by atoms with van der Waals surface area (Å²) in [4.78, 5) is 11.0. The standard InChI is InChI=1S/C12H11BrN2O2/c1-7-10(11(12(16)17)15-14-7)6-8-3-2-4-9(13)5-8/h2-5H,6H2,1H3,(H,14,15)(H,16,17). The summed E-state index contributed by atoms with van der Waals surface area (Å²) < 4.78 is 0.980. The van der Waals surface area contributed by atoms with Crippen molar-refractivity contribution in [2.24, 2.45) is 0 Å². The van der Waals surface area contributed by atoms with Crippen LogP contribution in [0.25, 0.3) is 0 Å². The first kappa shape index (κ1) is 11.9. The molecule has 4 nitrogen and oxygen atoms in total. The molecule has 17 heavy (non-hydrogen) atoms. The SMILES string of the molecule is Cc1[nH]nc(C(=O)O)c1Cc1cccc(Br)c1. The number of H-pyrrole nitrogens is 1. The number of carboxylic acids is 1. The third kappa shape index (κ3) is 2.55. The zero-order valence-electron chi connectivity index (χ0n) is 9.20. The number of hydrogen-bond acceptors (Lipinski definition) is 2. The fraction of sp³-hybridized carbons (Fsp3) is 0.167. The Kier molecular flexibility index (Phi) is 3.28. The van der Waals surface area contributed by atoms with Crippen molar-refractivity contribution < 1.29 is 9.90 Å². The van der Waals surface area contributed by atoms with Gasteiger partial charge in [0, 0.05) is 22.2 Å². The number of rotatable bonds is 3. The zero-order valence-corrected chi connectivity index (χ0v) is 10.8. The van der Waals surface area contributed by atoms with E-state index in [0.717, 1.165) is 21.3 Å². The lowest BCUT2D eigenvalue weighted by Crippen LogP contribution is -2.02. The summed E-state index contributed by atoms with van der Waals surface area (Å²) in [6.45, 7) is 1.83. The Labute approximate surface area is 107 Å². The van der Waals surface area contributed by atoms with E-state index in [1.807, 2.05) is 31.2 Å². The summed E-state index contributed by atoms with van der Waals surface area (Å²) in [5, 5.41) is 15.5. The van der Waals surface area contributed by atoms with E-state index in [-0.39, 0.29) is 5.69 Å². The summed E-state index contributed by atoms with van der Waals surface area (Å²) >= 11 is 3.39. The average molecular weight is 295 g/mol. The summed E-state index contributed by atoms with van der Waals surface area (Å²) in [6.07, 6.45) is 0.559. The highest BCUT2D eigenvalue weighted by Gasteiger charge is 2.16. The Morgan fingerprint density at radius 1 is 1.53 bits per heavy atom. The molecule has 0 bridgehead atoms. The topological polar surface area (TPSA) is 66.0 Å². The first-order chi connectivity index (χ1) is 8.08. The van der Waals surface area contributed by atoms with Crippen LogP contribution in [-0.4, -0.2) is 21.3 Å². The van der Waals surface area contributed by atoms with Crippen molar-refractivity contribution in [3.63, 3.8) is 0 Å². The smallest absolute Gasteiger partial charge is 0.356 e. The highest BCUT2D eigenvalue weighted by Crippen LogP contribution is 2.19. The quantitative estimate of drug-likeness (QED) is 0.915. The molecule has 1 aromatic heterocycles. The van der Waals surface area contributed by atoms with E-state index >= 15 is 0 Å². The molecule has 0 spiro atoms. The van der Waals surface area contributed by atoms with Gasteiger partial charge in [0.15, 0.2) is 5.69 Å². The highest BCUT2D eigenvalue weighted by atomic mass is 79.9. The van der Waals surface area contributed by atoms with Crippen molar-refractivity contribution in [2.45, 2.75) is 13.3 Å². The molecule has 2 aromatic rings. The number of carboxylic acid groups (broad SMARTS) is 1. The number of aromatic amines is 1. The first-order valence-corrected chi connectivity index (χ1v) is 5.89. The second-order valence-corrected chi connectivity index (χ2v) is 4.70. The van der Waals surface area contributed by atoms with Gasteiger partial charge in [-0.2, -0.15) is 5.10 Å². The number of nitrogens with zero attached hydrogens (tertiary/aromatic N) is 1. The number of aromatic nitrogens is 2. The Morgan fingerprint density at radius 2 is 2.29 bits per heavy atom. The van der Waals surface area contributed by atoms with Crippen LogP contribution in [-0.2, 0) is 6.42 Å². The van der Waals surface area contributed by atoms with Gasteiger partial charge in [-0.3, -0.25) is 5.10 Å². The van der Waals surface area contributed by atoms with Crippen LogP contribution >= 0.6 is 15.9 Å². The zero-order chi connectivity index (χ0) is 12.4. The number of aryl methyl sites for hydroxylation is 1. The van der Waals surface area contributed by atoms with Crippen LogP contribution in [0.1, 0.15) is 27.3 Å². The number of benzene rings is 1. The minimum atomic E-state index is -1.00. The van der Waals surface area contributed by atoms with E-state index in [0.29, 0.717) is 6.42 Å². The van der Waals surface area contributed by atoms with Crippen LogP contribution < -0.4 is 0 Å². The predicted molar refractivity (Wildman–Crippen MR) is 67.2 cm³/mol. The number of hydrogen-bond donors (Lipinski definition) is 2. The summed E-state index contributed by atoms with van der Waals surface area (Å²) in [6, 6.07) is 7.79. The number of nitrogens with one attached hydrogen (secondary N) is 1. The van der Waals surface area contributed by atoms with Gasteiger partial charge in [-0.1, -0.05) is 28.1 Å². The van der Waals surface area contributed by atoms with Gasteiger partial charge in [-0.15, -0.1) is 0 Å². The highest BCUT2D eigenvalue weighted by molar-refractivity contribution is 9.10. The van der Waals surface area contributed by atoms with Crippen LogP contribution in [0, 0.1) is 6.92 Å². The lowest BCUT2D eigenvalue weighted by molar-refractivity contribution is 0.0689. The molecule has 0 saturated carbocycles. The monoisotopic (exact) mass is 294 g/mol. The third-order valence-corrected chi connectivity index (χ3v) is 3.04. The lowest BCUT2D eigenvalue weighted by atomic mass is 10.0. The van der Waals surface area contributed by atoms with Crippen molar-refractivity contribution in [3.8, 4) is 0 Å². The normalized spacial score (nSPS) is 10.5. The van der Waals surface area contributed by atoms with E-state index in [4.69, 9.17) is 5.11 Å². The van der Waals surface area contributed by atoms with Gasteiger partial charge in [-0.25, -0.2) is 4.79 Å². The molecule has 2 N–H and O–H groups in total.